The van der Waals surface area contributed by atoms with Crippen LogP contribution in [0.3, 0.4) is 0 Å². The van der Waals surface area contributed by atoms with E-state index in [0.29, 0.717) is 5.76 Å². The molecule has 0 radical (unpaired) electrons. The van der Waals surface area contributed by atoms with Crippen molar-refractivity contribution in [2.75, 3.05) is 14.2 Å². The lowest BCUT2D eigenvalue weighted by atomic mass is 10.3. The Bertz CT molecular complexity index is 190. The molecule has 0 spiro atoms. The lowest BCUT2D eigenvalue weighted by molar-refractivity contribution is 0.286. The molecule has 0 aromatic heterocycles. The molecule has 0 N–H and O–H groups in total. The molecule has 0 amide bonds. The summed E-state index contributed by atoms with van der Waals surface area (Å²) >= 11 is 0. The van der Waals surface area contributed by atoms with E-state index in [9.17, 15) is 0 Å². The summed E-state index contributed by atoms with van der Waals surface area (Å²) < 4.78 is 9.94. The van der Waals surface area contributed by atoms with E-state index < -0.39 is 0 Å². The van der Waals surface area contributed by atoms with E-state index in [1.54, 1.807) is 20.3 Å². The van der Waals surface area contributed by atoms with Gasteiger partial charge in [-0.25, -0.2) is 0 Å². The van der Waals surface area contributed by atoms with Crippen LogP contribution in [0.4, 0.5) is 0 Å². The van der Waals surface area contributed by atoms with Crippen LogP contribution in [0.5, 0.6) is 0 Å². The van der Waals surface area contributed by atoms with Gasteiger partial charge in [0.15, 0.2) is 0 Å². The van der Waals surface area contributed by atoms with Crippen LogP contribution >= 0.6 is 0 Å². The molecule has 0 aliphatic rings. The minimum absolute atomic E-state index is 0.590. The monoisotopic (exact) mass is 168 g/mol. The quantitative estimate of drug-likeness (QED) is 0.464. The molecule has 0 atom stereocenters. The largest absolute Gasteiger partial charge is 0.497 e. The van der Waals surface area contributed by atoms with Gasteiger partial charge in [-0.05, 0) is 12.5 Å². The van der Waals surface area contributed by atoms with Gasteiger partial charge >= 0.3 is 0 Å². The van der Waals surface area contributed by atoms with Gasteiger partial charge in [0, 0.05) is 6.08 Å². The van der Waals surface area contributed by atoms with E-state index in [1.165, 1.54) is 0 Å². The Morgan fingerprint density at radius 3 is 2.42 bits per heavy atom. The summed E-state index contributed by atoms with van der Waals surface area (Å²) in [6.07, 6.45) is 6.63. The van der Waals surface area contributed by atoms with Crippen LogP contribution in [-0.4, -0.2) is 14.2 Å². The van der Waals surface area contributed by atoms with E-state index in [2.05, 4.69) is 13.5 Å². The zero-order chi connectivity index (χ0) is 9.40. The molecule has 0 fully saturated rings. The van der Waals surface area contributed by atoms with Crippen molar-refractivity contribution in [2.45, 2.75) is 13.3 Å². The van der Waals surface area contributed by atoms with Crippen molar-refractivity contribution >= 4 is 0 Å². The number of hydrogen-bond acceptors (Lipinski definition) is 2. The highest BCUT2D eigenvalue weighted by Crippen LogP contribution is 2.04. The first-order valence-corrected chi connectivity index (χ1v) is 3.89. The summed E-state index contributed by atoms with van der Waals surface area (Å²) in [4.78, 5) is 0. The molecule has 0 heterocycles. The van der Waals surface area contributed by atoms with Crippen LogP contribution in [0.15, 0.2) is 36.3 Å². The van der Waals surface area contributed by atoms with Gasteiger partial charge in [-0.3, -0.25) is 0 Å². The highest BCUT2D eigenvalue weighted by atomic mass is 16.5. The smallest absolute Gasteiger partial charge is 0.122 e. The molecule has 0 aromatic rings. The summed E-state index contributed by atoms with van der Waals surface area (Å²) in [5, 5.41) is 0. The molecule has 2 nitrogen and oxygen atoms in total. The topological polar surface area (TPSA) is 18.5 Å². The fraction of sp³-hybridized carbons (Fsp3) is 0.400. The van der Waals surface area contributed by atoms with Crippen LogP contribution in [-0.2, 0) is 9.47 Å². The van der Waals surface area contributed by atoms with E-state index >= 15 is 0 Å². The molecule has 0 unspecified atom stereocenters. The zero-order valence-corrected chi connectivity index (χ0v) is 7.96. The molecule has 0 aromatic carbocycles. The lowest BCUT2D eigenvalue weighted by Crippen LogP contribution is -1.85. The van der Waals surface area contributed by atoms with Crippen LogP contribution in [0.1, 0.15) is 13.3 Å². The van der Waals surface area contributed by atoms with Crippen molar-refractivity contribution < 1.29 is 9.47 Å². The van der Waals surface area contributed by atoms with Crippen molar-refractivity contribution in [1.82, 2.24) is 0 Å². The van der Waals surface area contributed by atoms with Gasteiger partial charge in [-0.1, -0.05) is 19.6 Å². The van der Waals surface area contributed by atoms with Crippen LogP contribution in [0, 0.1) is 0 Å². The fourth-order valence-corrected chi connectivity index (χ4v) is 0.627. The second-order valence-corrected chi connectivity index (χ2v) is 2.23. The van der Waals surface area contributed by atoms with Crippen molar-refractivity contribution in [3.63, 3.8) is 0 Å². The molecular formula is C10H16O2. The third-order valence-corrected chi connectivity index (χ3v) is 1.32. The second-order valence-electron chi connectivity index (χ2n) is 2.23. The molecule has 0 saturated carbocycles. The summed E-state index contributed by atoms with van der Waals surface area (Å²) in [7, 11) is 3.20. The minimum atomic E-state index is 0.590. The average Bonchev–Trinajstić information content (AvgIpc) is 2.11. The van der Waals surface area contributed by atoms with Crippen LogP contribution in [0.2, 0.25) is 0 Å². The standard InChI is InChI=1S/C10H16O2/c1-5-6-7-10(12-4)8-9(2)11-3/h6-8H,2,5H2,1,3-4H3/b7-6-,10-8+. The van der Waals surface area contributed by atoms with E-state index in [0.717, 1.165) is 12.2 Å². The first kappa shape index (κ1) is 10.8. The SMILES string of the molecule is C=C(/C=C(\C=C/CC)OC)OC. The van der Waals surface area contributed by atoms with Crippen molar-refractivity contribution in [3.8, 4) is 0 Å². The third-order valence-electron chi connectivity index (χ3n) is 1.32. The Hall–Kier alpha value is -1.18. The predicted molar refractivity (Wildman–Crippen MR) is 50.7 cm³/mol. The lowest BCUT2D eigenvalue weighted by Gasteiger charge is -2.01. The Morgan fingerprint density at radius 2 is 2.00 bits per heavy atom. The maximum absolute atomic E-state index is 5.06. The Labute approximate surface area is 74.2 Å². The van der Waals surface area contributed by atoms with Crippen LogP contribution in [0.25, 0.3) is 0 Å². The number of rotatable bonds is 5. The molecule has 0 bridgehead atoms. The molecule has 12 heavy (non-hydrogen) atoms. The molecule has 0 aliphatic carbocycles. The number of methoxy groups -OCH3 is 2. The number of allylic oxidation sites excluding steroid dienone is 3. The predicted octanol–water partition coefficient (Wildman–Crippen LogP) is 2.64. The number of ether oxygens (including phenoxy) is 2. The number of hydrogen-bond donors (Lipinski definition) is 0. The molecule has 68 valence electrons. The Morgan fingerprint density at radius 1 is 1.33 bits per heavy atom. The maximum Gasteiger partial charge on any atom is 0.122 e. The molecule has 2 heteroatoms. The van der Waals surface area contributed by atoms with E-state index in [1.807, 2.05) is 12.2 Å². The van der Waals surface area contributed by atoms with Gasteiger partial charge in [-0.2, -0.15) is 0 Å². The average molecular weight is 168 g/mol. The zero-order valence-electron chi connectivity index (χ0n) is 7.96. The first-order valence-electron chi connectivity index (χ1n) is 3.89. The van der Waals surface area contributed by atoms with E-state index in [4.69, 9.17) is 9.47 Å². The van der Waals surface area contributed by atoms with Gasteiger partial charge in [0.2, 0.25) is 0 Å². The summed E-state index contributed by atoms with van der Waals surface area (Å²) in [6, 6.07) is 0. The van der Waals surface area contributed by atoms with Crippen molar-refractivity contribution in [3.05, 3.63) is 36.3 Å². The normalized spacial score (nSPS) is 11.8. The first-order chi connectivity index (χ1) is 5.74. The highest BCUT2D eigenvalue weighted by Gasteiger charge is 1.90. The van der Waals surface area contributed by atoms with Gasteiger partial charge in [0.05, 0.1) is 14.2 Å². The molecule has 0 aliphatic heterocycles. The minimum Gasteiger partial charge on any atom is -0.497 e. The molecular weight excluding hydrogens is 152 g/mol. The molecule has 0 rings (SSSR count). The van der Waals surface area contributed by atoms with Gasteiger partial charge < -0.3 is 9.47 Å². The summed E-state index contributed by atoms with van der Waals surface area (Å²) in [5.41, 5.74) is 0. The van der Waals surface area contributed by atoms with Gasteiger partial charge in [0.1, 0.15) is 11.5 Å². The van der Waals surface area contributed by atoms with Gasteiger partial charge in [-0.15, -0.1) is 0 Å². The van der Waals surface area contributed by atoms with Crippen molar-refractivity contribution in [2.24, 2.45) is 0 Å². The highest BCUT2D eigenvalue weighted by molar-refractivity contribution is 5.20. The Kier molecular flexibility index (Phi) is 5.88. The third kappa shape index (κ3) is 4.61. The fourth-order valence-electron chi connectivity index (χ4n) is 0.627. The van der Waals surface area contributed by atoms with Gasteiger partial charge in [0.25, 0.3) is 0 Å². The summed E-state index contributed by atoms with van der Waals surface area (Å²) in [6.45, 7) is 5.72. The van der Waals surface area contributed by atoms with Crippen molar-refractivity contribution in [1.29, 1.82) is 0 Å². The second kappa shape index (κ2) is 6.53. The summed E-state index contributed by atoms with van der Waals surface area (Å²) in [5.74, 6) is 1.34. The molecule has 0 saturated heterocycles. The Balaban J connectivity index is 4.22. The maximum atomic E-state index is 5.06. The van der Waals surface area contributed by atoms with Crippen LogP contribution < -0.4 is 0 Å². The van der Waals surface area contributed by atoms with E-state index in [-0.39, 0.29) is 0 Å².